The fourth-order valence-corrected chi connectivity index (χ4v) is 3.18. The third kappa shape index (κ3) is 4.37. The Kier molecular flexibility index (Phi) is 5.35. The summed E-state index contributed by atoms with van der Waals surface area (Å²) in [6.45, 7) is 2.73. The number of rotatable bonds is 5. The molecule has 0 spiro atoms. The molecule has 10 heteroatoms. The van der Waals surface area contributed by atoms with Gasteiger partial charge in [-0.25, -0.2) is 9.48 Å². The number of carbonyl (C=O) groups is 3. The molecule has 4 amide bonds. The molecule has 4 rings (SSSR count). The molecule has 1 saturated heterocycles. The summed E-state index contributed by atoms with van der Waals surface area (Å²) in [6, 6.07) is 13.9. The number of nitrogens with zero attached hydrogens (tertiary/aromatic N) is 4. The van der Waals surface area contributed by atoms with Gasteiger partial charge >= 0.3 is 6.03 Å². The summed E-state index contributed by atoms with van der Waals surface area (Å²) in [5.41, 5.74) is 7.88. The van der Waals surface area contributed by atoms with E-state index < -0.39 is 5.91 Å². The van der Waals surface area contributed by atoms with Gasteiger partial charge in [0.25, 0.3) is 11.8 Å². The van der Waals surface area contributed by atoms with Gasteiger partial charge in [0.05, 0.1) is 12.2 Å². The van der Waals surface area contributed by atoms with Gasteiger partial charge in [0.15, 0.2) is 5.69 Å². The SMILES string of the molecule is Cc1ccc(NC(=O)c2ccccc2)cc1NC(=O)N1CC(n2cc(C(N)=O)nn2)C1. The second kappa shape index (κ2) is 8.27. The van der Waals surface area contributed by atoms with Crippen molar-refractivity contribution in [3.8, 4) is 0 Å². The van der Waals surface area contributed by atoms with E-state index in [1.54, 1.807) is 41.3 Å². The summed E-state index contributed by atoms with van der Waals surface area (Å²) in [4.78, 5) is 37.7. The number of hydrogen-bond acceptors (Lipinski definition) is 5. The predicted molar refractivity (Wildman–Crippen MR) is 114 cm³/mol. The monoisotopic (exact) mass is 419 g/mol. The van der Waals surface area contributed by atoms with E-state index in [2.05, 4.69) is 20.9 Å². The lowest BCUT2D eigenvalue weighted by atomic mass is 10.1. The van der Waals surface area contributed by atoms with Gasteiger partial charge in [-0.1, -0.05) is 29.5 Å². The third-order valence-corrected chi connectivity index (χ3v) is 5.06. The Balaban J connectivity index is 1.36. The highest BCUT2D eigenvalue weighted by atomic mass is 16.2. The van der Waals surface area contributed by atoms with Gasteiger partial charge in [0.1, 0.15) is 0 Å². The van der Waals surface area contributed by atoms with E-state index in [9.17, 15) is 14.4 Å². The number of aryl methyl sites for hydroxylation is 1. The molecule has 3 aromatic rings. The Morgan fingerprint density at radius 2 is 1.81 bits per heavy atom. The van der Waals surface area contributed by atoms with Crippen LogP contribution in [0.5, 0.6) is 0 Å². The molecule has 0 bridgehead atoms. The van der Waals surface area contributed by atoms with E-state index >= 15 is 0 Å². The van der Waals surface area contributed by atoms with E-state index in [-0.39, 0.29) is 23.7 Å². The zero-order valence-electron chi connectivity index (χ0n) is 16.8. The van der Waals surface area contributed by atoms with Crippen molar-refractivity contribution >= 4 is 29.2 Å². The number of urea groups is 1. The molecule has 0 atom stereocenters. The third-order valence-electron chi connectivity index (χ3n) is 5.06. The van der Waals surface area contributed by atoms with Crippen LogP contribution in [-0.2, 0) is 0 Å². The van der Waals surface area contributed by atoms with E-state index in [0.29, 0.717) is 30.0 Å². The predicted octanol–water partition coefficient (Wildman–Crippen LogP) is 2.03. The summed E-state index contributed by atoms with van der Waals surface area (Å²) in [7, 11) is 0. The molecular weight excluding hydrogens is 398 g/mol. The highest BCUT2D eigenvalue weighted by molar-refractivity contribution is 6.04. The molecule has 2 heterocycles. The largest absolute Gasteiger partial charge is 0.364 e. The Hall–Kier alpha value is -4.21. The highest BCUT2D eigenvalue weighted by Gasteiger charge is 2.33. The van der Waals surface area contributed by atoms with Gasteiger partial charge < -0.3 is 21.3 Å². The van der Waals surface area contributed by atoms with Crippen molar-refractivity contribution in [3.05, 3.63) is 71.5 Å². The average molecular weight is 419 g/mol. The van der Waals surface area contributed by atoms with Gasteiger partial charge in [-0.05, 0) is 36.8 Å². The first-order valence-corrected chi connectivity index (χ1v) is 9.65. The van der Waals surface area contributed by atoms with Crippen LogP contribution in [0.1, 0.15) is 32.5 Å². The molecular formula is C21H21N7O3. The number of amides is 4. The molecule has 0 unspecified atom stereocenters. The van der Waals surface area contributed by atoms with Crippen LogP contribution in [0, 0.1) is 6.92 Å². The maximum Gasteiger partial charge on any atom is 0.321 e. The Morgan fingerprint density at radius 1 is 1.06 bits per heavy atom. The van der Waals surface area contributed by atoms with Gasteiger partial charge in [-0.3, -0.25) is 9.59 Å². The Bertz CT molecular complexity index is 1140. The fraction of sp³-hybridized carbons (Fsp3) is 0.190. The van der Waals surface area contributed by atoms with Gasteiger partial charge in [0.2, 0.25) is 0 Å². The lowest BCUT2D eigenvalue weighted by molar-refractivity contribution is 0.0992. The van der Waals surface area contributed by atoms with Crippen LogP contribution in [0.15, 0.2) is 54.7 Å². The maximum absolute atomic E-state index is 12.6. The quantitative estimate of drug-likeness (QED) is 0.581. The van der Waals surface area contributed by atoms with E-state index in [4.69, 9.17) is 5.73 Å². The number of carbonyl (C=O) groups excluding carboxylic acids is 3. The minimum absolute atomic E-state index is 0.0658. The van der Waals surface area contributed by atoms with Crippen molar-refractivity contribution < 1.29 is 14.4 Å². The van der Waals surface area contributed by atoms with Crippen LogP contribution >= 0.6 is 0 Å². The Morgan fingerprint density at radius 3 is 2.48 bits per heavy atom. The van der Waals surface area contributed by atoms with Crippen LogP contribution < -0.4 is 16.4 Å². The summed E-state index contributed by atoms with van der Waals surface area (Å²) < 4.78 is 1.54. The molecule has 1 aliphatic heterocycles. The minimum Gasteiger partial charge on any atom is -0.364 e. The zero-order chi connectivity index (χ0) is 22.0. The van der Waals surface area contributed by atoms with Crippen molar-refractivity contribution in [2.75, 3.05) is 23.7 Å². The second-order valence-corrected chi connectivity index (χ2v) is 7.29. The van der Waals surface area contributed by atoms with E-state index in [1.807, 2.05) is 19.1 Å². The van der Waals surface area contributed by atoms with Crippen molar-refractivity contribution in [1.29, 1.82) is 0 Å². The molecule has 1 aromatic heterocycles. The van der Waals surface area contributed by atoms with Crippen LogP contribution in [0.2, 0.25) is 0 Å². The van der Waals surface area contributed by atoms with Crippen LogP contribution in [0.4, 0.5) is 16.2 Å². The number of likely N-dealkylation sites (tertiary alicyclic amines) is 1. The first-order valence-electron chi connectivity index (χ1n) is 9.65. The summed E-state index contributed by atoms with van der Waals surface area (Å²) in [5, 5.41) is 13.3. The minimum atomic E-state index is -0.644. The topological polar surface area (TPSA) is 135 Å². The smallest absolute Gasteiger partial charge is 0.321 e. The molecule has 158 valence electrons. The van der Waals surface area contributed by atoms with E-state index in [1.165, 1.54) is 10.9 Å². The zero-order valence-corrected chi connectivity index (χ0v) is 16.8. The number of nitrogens with two attached hydrogens (primary N) is 1. The second-order valence-electron chi connectivity index (χ2n) is 7.29. The van der Waals surface area contributed by atoms with Gasteiger partial charge in [-0.15, -0.1) is 5.10 Å². The normalized spacial score (nSPS) is 13.4. The molecule has 0 aliphatic carbocycles. The van der Waals surface area contributed by atoms with Crippen LogP contribution in [0.3, 0.4) is 0 Å². The first-order chi connectivity index (χ1) is 14.9. The van der Waals surface area contributed by atoms with Gasteiger partial charge in [0, 0.05) is 30.0 Å². The van der Waals surface area contributed by atoms with Crippen molar-refractivity contribution in [1.82, 2.24) is 19.9 Å². The summed E-state index contributed by atoms with van der Waals surface area (Å²) in [6.07, 6.45) is 1.48. The molecule has 0 radical (unpaired) electrons. The maximum atomic E-state index is 12.6. The summed E-state index contributed by atoms with van der Waals surface area (Å²) >= 11 is 0. The molecule has 0 saturated carbocycles. The van der Waals surface area contributed by atoms with Crippen LogP contribution in [0.25, 0.3) is 0 Å². The van der Waals surface area contributed by atoms with Gasteiger partial charge in [-0.2, -0.15) is 0 Å². The van der Waals surface area contributed by atoms with Crippen molar-refractivity contribution in [3.63, 3.8) is 0 Å². The molecule has 10 nitrogen and oxygen atoms in total. The molecule has 1 aliphatic rings. The highest BCUT2D eigenvalue weighted by Crippen LogP contribution is 2.24. The fourth-order valence-electron chi connectivity index (χ4n) is 3.18. The molecule has 31 heavy (non-hydrogen) atoms. The standard InChI is InChI=1S/C21H21N7O3/c1-13-7-8-15(23-20(30)14-5-3-2-4-6-14)9-17(13)24-21(31)27-10-16(11-27)28-12-18(19(22)29)25-26-28/h2-9,12,16H,10-11H2,1H3,(H2,22,29)(H,23,30)(H,24,31). The molecule has 1 fully saturated rings. The number of nitrogens with one attached hydrogen (secondary N) is 2. The first kappa shape index (κ1) is 20.1. The number of hydrogen-bond donors (Lipinski definition) is 3. The van der Waals surface area contributed by atoms with Crippen molar-refractivity contribution in [2.45, 2.75) is 13.0 Å². The number of anilines is 2. The number of benzene rings is 2. The lowest BCUT2D eigenvalue weighted by Crippen LogP contribution is -2.52. The average Bonchev–Trinajstić information content (AvgIpc) is 3.20. The number of primary amides is 1. The van der Waals surface area contributed by atoms with Crippen molar-refractivity contribution in [2.24, 2.45) is 5.73 Å². The summed E-state index contributed by atoms with van der Waals surface area (Å²) in [5.74, 6) is -0.870. The van der Waals surface area contributed by atoms with E-state index in [0.717, 1.165) is 5.56 Å². The van der Waals surface area contributed by atoms with Crippen LogP contribution in [-0.4, -0.2) is 50.8 Å². The number of aromatic nitrogens is 3. The molecule has 2 aromatic carbocycles. The lowest BCUT2D eigenvalue weighted by Gasteiger charge is -2.38. The molecule has 4 N–H and O–H groups in total. The Labute approximate surface area is 178 Å².